The Morgan fingerprint density at radius 3 is 2.19 bits per heavy atom. The van der Waals surface area contributed by atoms with E-state index in [0.29, 0.717) is 25.9 Å². The molecule has 0 amide bonds. The molecule has 2 unspecified atom stereocenters. The van der Waals surface area contributed by atoms with Gasteiger partial charge in [-0.1, -0.05) is 77.3 Å². The normalized spacial score (nSPS) is 14.7. The number of hydrogen-bond acceptors (Lipinski definition) is 4. The third-order valence-electron chi connectivity index (χ3n) is 6.92. The van der Waals surface area contributed by atoms with Crippen molar-refractivity contribution in [2.45, 2.75) is 84.0 Å². The van der Waals surface area contributed by atoms with Crippen molar-refractivity contribution in [2.24, 2.45) is 17.8 Å². The molecule has 3 atom stereocenters. The predicted molar refractivity (Wildman–Crippen MR) is 138 cm³/mol. The van der Waals surface area contributed by atoms with E-state index in [4.69, 9.17) is 14.6 Å². The highest BCUT2D eigenvalue weighted by molar-refractivity contribution is 5.87. The van der Waals surface area contributed by atoms with Crippen molar-refractivity contribution >= 4 is 5.97 Å². The number of rotatable bonds is 19. The summed E-state index contributed by atoms with van der Waals surface area (Å²) in [5, 5.41) is 8.95. The van der Waals surface area contributed by atoms with E-state index in [2.05, 4.69) is 13.5 Å². The van der Waals surface area contributed by atoms with Crippen molar-refractivity contribution in [2.75, 3.05) is 26.9 Å². The second kappa shape index (κ2) is 16.1. The summed E-state index contributed by atoms with van der Waals surface area (Å²) in [5.74, 6) is -10.7. The van der Waals surface area contributed by atoms with Crippen LogP contribution in [0.2, 0.25) is 0 Å². The van der Waals surface area contributed by atoms with E-state index in [1.807, 2.05) is 6.92 Å². The lowest BCUT2D eigenvalue weighted by Gasteiger charge is -2.32. The topological polar surface area (TPSA) is 55.8 Å². The molecule has 0 heterocycles. The summed E-state index contributed by atoms with van der Waals surface area (Å²) in [5.41, 5.74) is 0.176. The van der Waals surface area contributed by atoms with Gasteiger partial charge in [0.2, 0.25) is 0 Å². The molecule has 0 spiro atoms. The first-order valence-corrected chi connectivity index (χ1v) is 13.2. The maximum atomic E-state index is 14.9. The Bertz CT molecular complexity index is 811. The number of ether oxygens (including phenoxy) is 2. The fourth-order valence-electron chi connectivity index (χ4n) is 4.15. The minimum atomic E-state index is -4.26. The van der Waals surface area contributed by atoms with E-state index in [9.17, 15) is 22.4 Å². The van der Waals surface area contributed by atoms with Gasteiger partial charge < -0.3 is 14.6 Å². The Balaban J connectivity index is 2.63. The number of aliphatic hydroxyl groups excluding tert-OH is 1. The molecule has 0 saturated carbocycles. The summed E-state index contributed by atoms with van der Waals surface area (Å²) in [6, 6.07) is 5.30. The number of aliphatic hydroxyl groups is 1. The van der Waals surface area contributed by atoms with Crippen molar-refractivity contribution in [1.82, 2.24) is 0 Å². The molecule has 37 heavy (non-hydrogen) atoms. The number of unbranched alkanes of at least 4 members (excludes halogenated alkanes) is 2. The van der Waals surface area contributed by atoms with Crippen LogP contribution < -0.4 is 0 Å². The second-order valence-electron chi connectivity index (χ2n) is 10.2. The number of aryl methyl sites for hydroxylation is 1. The van der Waals surface area contributed by atoms with Crippen LogP contribution >= 0.6 is 0 Å². The third-order valence-corrected chi connectivity index (χ3v) is 6.92. The molecule has 1 rings (SSSR count). The van der Waals surface area contributed by atoms with Crippen LogP contribution in [-0.2, 0) is 26.6 Å². The van der Waals surface area contributed by atoms with Gasteiger partial charge in [0.15, 0.2) is 0 Å². The van der Waals surface area contributed by atoms with Gasteiger partial charge in [-0.2, -0.15) is 17.6 Å². The monoisotopic (exact) mass is 532 g/mol. The lowest BCUT2D eigenvalue weighted by Crippen LogP contribution is -2.43. The maximum absolute atomic E-state index is 14.9. The molecule has 0 aliphatic heterocycles. The van der Waals surface area contributed by atoms with Gasteiger partial charge in [-0.05, 0) is 37.2 Å². The summed E-state index contributed by atoms with van der Waals surface area (Å²) in [7, 11) is 1.52. The van der Waals surface area contributed by atoms with Crippen LogP contribution in [0.5, 0.6) is 0 Å². The second-order valence-corrected chi connectivity index (χ2v) is 10.2. The molecule has 0 fully saturated rings. The van der Waals surface area contributed by atoms with Gasteiger partial charge in [-0.3, -0.25) is 0 Å². The Labute approximate surface area is 219 Å². The summed E-state index contributed by atoms with van der Waals surface area (Å²) >= 11 is 0. The van der Waals surface area contributed by atoms with E-state index in [1.165, 1.54) is 26.2 Å². The molecule has 0 radical (unpaired) electrons. The van der Waals surface area contributed by atoms with Crippen LogP contribution in [0.3, 0.4) is 0 Å². The number of benzene rings is 1. The molecule has 0 aliphatic rings. The number of hydrogen-bond donors (Lipinski definition) is 1. The van der Waals surface area contributed by atoms with E-state index in [-0.39, 0.29) is 30.4 Å². The Morgan fingerprint density at radius 2 is 1.62 bits per heavy atom. The fraction of sp³-hybridized carbons (Fsp3) is 0.690. The lowest BCUT2D eigenvalue weighted by atomic mass is 9.85. The first-order chi connectivity index (χ1) is 17.4. The zero-order chi connectivity index (χ0) is 28.1. The molecule has 212 valence electrons. The molecular weight excluding hydrogens is 488 g/mol. The number of alkyl halides is 4. The average molecular weight is 533 g/mol. The number of carbonyl (C=O) groups excluding carboxylic acids is 1. The SMILES string of the molecule is C=C(CO)C(=O)OC[C@@H](CCC(C)CCC(C)C(F)(F)C(F)(F)c1ccc(CCCCC)cc1)COC. The highest BCUT2D eigenvalue weighted by Crippen LogP contribution is 2.48. The lowest BCUT2D eigenvalue weighted by molar-refractivity contribution is -0.242. The Hall–Kier alpha value is -1.93. The minimum absolute atomic E-state index is 0.0109. The molecule has 1 aromatic carbocycles. The molecule has 8 heteroatoms. The van der Waals surface area contributed by atoms with Gasteiger partial charge >= 0.3 is 17.8 Å². The number of methoxy groups -OCH3 is 1. The predicted octanol–water partition coefficient (Wildman–Crippen LogP) is 7.33. The van der Waals surface area contributed by atoms with Crippen molar-refractivity contribution in [3.05, 3.63) is 47.5 Å². The van der Waals surface area contributed by atoms with E-state index < -0.39 is 35.9 Å². The largest absolute Gasteiger partial charge is 0.462 e. The molecular formula is C29H44F4O4. The van der Waals surface area contributed by atoms with Crippen LogP contribution in [0.15, 0.2) is 36.4 Å². The molecule has 1 aromatic rings. The summed E-state index contributed by atoms with van der Waals surface area (Å²) in [4.78, 5) is 11.7. The average Bonchev–Trinajstić information content (AvgIpc) is 2.88. The highest BCUT2D eigenvalue weighted by Gasteiger charge is 2.60. The number of esters is 1. The number of carbonyl (C=O) groups is 1. The van der Waals surface area contributed by atoms with Gasteiger partial charge in [0, 0.05) is 24.5 Å². The van der Waals surface area contributed by atoms with Gasteiger partial charge in [0.1, 0.15) is 0 Å². The smallest absolute Gasteiger partial charge is 0.335 e. The molecule has 4 nitrogen and oxygen atoms in total. The van der Waals surface area contributed by atoms with Crippen molar-refractivity contribution in [3.8, 4) is 0 Å². The van der Waals surface area contributed by atoms with Crippen molar-refractivity contribution < 1.29 is 36.9 Å². The first-order valence-electron chi connectivity index (χ1n) is 13.2. The summed E-state index contributed by atoms with van der Waals surface area (Å²) < 4.78 is 69.9. The summed E-state index contributed by atoms with van der Waals surface area (Å²) in [6.45, 7) is 8.49. The van der Waals surface area contributed by atoms with E-state index in [1.54, 1.807) is 0 Å². The third kappa shape index (κ3) is 10.4. The van der Waals surface area contributed by atoms with Gasteiger partial charge in [0.25, 0.3) is 0 Å². The van der Waals surface area contributed by atoms with E-state index in [0.717, 1.165) is 43.4 Å². The van der Waals surface area contributed by atoms with Crippen molar-refractivity contribution in [3.63, 3.8) is 0 Å². The van der Waals surface area contributed by atoms with E-state index >= 15 is 0 Å². The zero-order valence-corrected chi connectivity index (χ0v) is 22.7. The van der Waals surface area contributed by atoms with Crippen LogP contribution in [0.25, 0.3) is 0 Å². The van der Waals surface area contributed by atoms with Crippen LogP contribution in [-0.4, -0.2) is 43.9 Å². The van der Waals surface area contributed by atoms with Crippen LogP contribution in [0, 0.1) is 17.8 Å². The van der Waals surface area contributed by atoms with Crippen molar-refractivity contribution in [1.29, 1.82) is 0 Å². The highest BCUT2D eigenvalue weighted by atomic mass is 19.3. The molecule has 0 aromatic heterocycles. The van der Waals surface area contributed by atoms with Gasteiger partial charge in [-0.25, -0.2) is 4.79 Å². The Morgan fingerprint density at radius 1 is 1.00 bits per heavy atom. The van der Waals surface area contributed by atoms with Crippen LogP contribution in [0.1, 0.15) is 76.8 Å². The number of halogens is 4. The maximum Gasteiger partial charge on any atom is 0.335 e. The standard InChI is InChI=1S/C29H44F4O4/c1-6-7-8-9-24-14-16-26(17-15-24)29(32,33)28(30,31)23(4)12-10-21(2)11-13-25(19-36-5)20-37-27(35)22(3)18-34/h14-17,21,23,25,34H,3,6-13,18-20H2,1-2,4-5H3/t21?,23?,25-/m0/s1. The Kier molecular flexibility index (Phi) is 14.4. The first kappa shape index (κ1) is 33.1. The van der Waals surface area contributed by atoms with Gasteiger partial charge in [-0.15, -0.1) is 0 Å². The quantitative estimate of drug-likeness (QED) is 0.0877. The zero-order valence-electron chi connectivity index (χ0n) is 22.7. The fourth-order valence-corrected chi connectivity index (χ4v) is 4.15. The summed E-state index contributed by atoms with van der Waals surface area (Å²) in [6.07, 6.45) is 5.34. The molecule has 0 aliphatic carbocycles. The van der Waals surface area contributed by atoms with Gasteiger partial charge in [0.05, 0.1) is 25.4 Å². The van der Waals surface area contributed by atoms with Crippen LogP contribution in [0.4, 0.5) is 17.6 Å². The molecule has 0 saturated heterocycles. The molecule has 0 bridgehead atoms. The minimum Gasteiger partial charge on any atom is -0.462 e. The molecule has 1 N–H and O–H groups in total.